The van der Waals surface area contributed by atoms with Crippen LogP contribution in [-0.2, 0) is 0 Å². The molecule has 0 saturated carbocycles. The summed E-state index contributed by atoms with van der Waals surface area (Å²) in [4.78, 5) is 26.6. The van der Waals surface area contributed by atoms with E-state index in [0.717, 1.165) is 4.47 Å². The number of nitrogens with zero attached hydrogens (tertiary/aromatic N) is 2. The highest BCUT2D eigenvalue weighted by molar-refractivity contribution is 9.10. The highest BCUT2D eigenvalue weighted by Crippen LogP contribution is 2.24. The number of nitrogens with one attached hydrogen (secondary N) is 1. The van der Waals surface area contributed by atoms with Crippen molar-refractivity contribution < 1.29 is 14.5 Å². The Balaban J connectivity index is 1.68. The second-order valence-corrected chi connectivity index (χ2v) is 6.12. The third kappa shape index (κ3) is 4.42. The van der Waals surface area contributed by atoms with Gasteiger partial charge in [0.15, 0.2) is 0 Å². The topological polar surface area (TPSA) is 94.4 Å². The van der Waals surface area contributed by atoms with Gasteiger partial charge in [0.2, 0.25) is 5.88 Å². The van der Waals surface area contributed by atoms with Gasteiger partial charge in [-0.25, -0.2) is 4.98 Å². The Hall–Kier alpha value is -3.26. The van der Waals surface area contributed by atoms with Gasteiger partial charge in [-0.15, -0.1) is 0 Å². The van der Waals surface area contributed by atoms with Gasteiger partial charge in [0.05, 0.1) is 16.8 Å². The van der Waals surface area contributed by atoms with Crippen LogP contribution in [0.1, 0.15) is 10.4 Å². The fourth-order valence-corrected chi connectivity index (χ4v) is 2.51. The number of non-ortho nitro benzene ring substituents is 1. The van der Waals surface area contributed by atoms with Crippen LogP contribution >= 0.6 is 15.9 Å². The second-order valence-electron chi connectivity index (χ2n) is 5.21. The molecule has 7 nitrogen and oxygen atoms in total. The molecule has 26 heavy (non-hydrogen) atoms. The van der Waals surface area contributed by atoms with Gasteiger partial charge in [0, 0.05) is 28.2 Å². The molecule has 0 aliphatic carbocycles. The number of amides is 1. The first-order valence-electron chi connectivity index (χ1n) is 7.46. The SMILES string of the molecule is O=C(Nc1ccc(Oc2cccc(Br)c2)nc1)c1cccc([N+](=O)[O-])c1. The summed E-state index contributed by atoms with van der Waals surface area (Å²) in [6.07, 6.45) is 1.45. The summed E-state index contributed by atoms with van der Waals surface area (Å²) < 4.78 is 6.50. The molecule has 2 aromatic carbocycles. The lowest BCUT2D eigenvalue weighted by Crippen LogP contribution is -2.12. The van der Waals surface area contributed by atoms with E-state index in [1.54, 1.807) is 24.3 Å². The summed E-state index contributed by atoms with van der Waals surface area (Å²) in [5.41, 5.74) is 0.491. The minimum absolute atomic E-state index is 0.145. The molecule has 3 aromatic rings. The van der Waals surface area contributed by atoms with E-state index in [1.807, 2.05) is 12.1 Å². The zero-order chi connectivity index (χ0) is 18.5. The fourth-order valence-electron chi connectivity index (χ4n) is 2.13. The molecule has 0 saturated heterocycles. The molecule has 0 fully saturated rings. The minimum atomic E-state index is -0.549. The predicted octanol–water partition coefficient (Wildman–Crippen LogP) is 4.80. The minimum Gasteiger partial charge on any atom is -0.439 e. The largest absolute Gasteiger partial charge is 0.439 e. The molecule has 1 amide bonds. The molecular weight excluding hydrogens is 402 g/mol. The Labute approximate surface area is 156 Å². The van der Waals surface area contributed by atoms with Crippen molar-refractivity contribution in [2.75, 3.05) is 5.32 Å². The lowest BCUT2D eigenvalue weighted by molar-refractivity contribution is -0.384. The van der Waals surface area contributed by atoms with Crippen molar-refractivity contribution in [3.05, 3.63) is 87.0 Å². The van der Waals surface area contributed by atoms with Crippen LogP contribution in [0.4, 0.5) is 11.4 Å². The van der Waals surface area contributed by atoms with Crippen LogP contribution in [0.3, 0.4) is 0 Å². The average Bonchev–Trinajstić information content (AvgIpc) is 2.63. The van der Waals surface area contributed by atoms with Crippen LogP contribution in [0, 0.1) is 10.1 Å². The molecule has 0 atom stereocenters. The Kier molecular flexibility index (Phi) is 5.23. The van der Waals surface area contributed by atoms with E-state index < -0.39 is 10.8 Å². The van der Waals surface area contributed by atoms with Crippen LogP contribution in [0.2, 0.25) is 0 Å². The van der Waals surface area contributed by atoms with Gasteiger partial charge in [0.25, 0.3) is 11.6 Å². The molecule has 3 rings (SSSR count). The van der Waals surface area contributed by atoms with E-state index in [0.29, 0.717) is 17.3 Å². The summed E-state index contributed by atoms with van der Waals surface area (Å²) >= 11 is 3.36. The van der Waals surface area contributed by atoms with E-state index in [-0.39, 0.29) is 11.3 Å². The van der Waals surface area contributed by atoms with E-state index in [1.165, 1.54) is 30.5 Å². The monoisotopic (exact) mass is 413 g/mol. The number of carbonyl (C=O) groups is 1. The van der Waals surface area contributed by atoms with Crippen molar-refractivity contribution in [3.8, 4) is 11.6 Å². The van der Waals surface area contributed by atoms with Gasteiger partial charge < -0.3 is 10.1 Å². The van der Waals surface area contributed by atoms with Crippen molar-refractivity contribution in [2.45, 2.75) is 0 Å². The standard InChI is InChI=1S/C18H12BrN3O4/c19-13-4-2-6-16(10-13)26-17-8-7-14(11-20-17)21-18(23)12-3-1-5-15(9-12)22(24)25/h1-11H,(H,21,23). The zero-order valence-electron chi connectivity index (χ0n) is 13.3. The quantitative estimate of drug-likeness (QED) is 0.478. The van der Waals surface area contributed by atoms with Crippen molar-refractivity contribution in [2.24, 2.45) is 0 Å². The number of nitro groups is 1. The maximum Gasteiger partial charge on any atom is 0.270 e. The number of anilines is 1. The molecule has 1 N–H and O–H groups in total. The van der Waals surface area contributed by atoms with E-state index >= 15 is 0 Å². The first-order chi connectivity index (χ1) is 12.5. The molecule has 1 heterocycles. The lowest BCUT2D eigenvalue weighted by atomic mass is 10.2. The molecule has 0 spiro atoms. The van der Waals surface area contributed by atoms with Gasteiger partial charge in [-0.3, -0.25) is 14.9 Å². The highest BCUT2D eigenvalue weighted by atomic mass is 79.9. The van der Waals surface area contributed by atoms with Crippen LogP contribution < -0.4 is 10.1 Å². The van der Waals surface area contributed by atoms with Crippen LogP contribution in [-0.4, -0.2) is 15.8 Å². The Morgan fingerprint density at radius 3 is 2.62 bits per heavy atom. The van der Waals surface area contributed by atoms with Gasteiger partial charge in [-0.05, 0) is 30.3 Å². The van der Waals surface area contributed by atoms with Gasteiger partial charge >= 0.3 is 0 Å². The Bertz CT molecular complexity index is 961. The third-order valence-electron chi connectivity index (χ3n) is 3.33. The fraction of sp³-hybridized carbons (Fsp3) is 0. The van der Waals surface area contributed by atoms with Crippen LogP contribution in [0.15, 0.2) is 71.3 Å². The molecule has 8 heteroatoms. The van der Waals surface area contributed by atoms with Gasteiger partial charge in [-0.1, -0.05) is 28.1 Å². The lowest BCUT2D eigenvalue weighted by Gasteiger charge is -2.07. The van der Waals surface area contributed by atoms with Crippen LogP contribution in [0.5, 0.6) is 11.6 Å². The number of hydrogen-bond acceptors (Lipinski definition) is 5. The van der Waals surface area contributed by atoms with E-state index in [4.69, 9.17) is 4.74 Å². The summed E-state index contributed by atoms with van der Waals surface area (Å²) in [6, 6.07) is 16.1. The molecular formula is C18H12BrN3O4. The maximum atomic E-state index is 12.2. The number of nitro benzene ring substituents is 1. The Morgan fingerprint density at radius 2 is 1.92 bits per heavy atom. The van der Waals surface area contributed by atoms with Crippen molar-refractivity contribution >= 4 is 33.2 Å². The summed E-state index contributed by atoms with van der Waals surface area (Å²) in [7, 11) is 0. The van der Waals surface area contributed by atoms with E-state index in [2.05, 4.69) is 26.2 Å². The number of halogens is 1. The number of carbonyl (C=O) groups excluding carboxylic acids is 1. The highest BCUT2D eigenvalue weighted by Gasteiger charge is 2.12. The van der Waals surface area contributed by atoms with E-state index in [9.17, 15) is 14.9 Å². The smallest absolute Gasteiger partial charge is 0.270 e. The van der Waals surface area contributed by atoms with Crippen LogP contribution in [0.25, 0.3) is 0 Å². The Morgan fingerprint density at radius 1 is 1.12 bits per heavy atom. The molecule has 0 radical (unpaired) electrons. The summed E-state index contributed by atoms with van der Waals surface area (Å²) in [5, 5.41) is 13.4. The molecule has 0 bridgehead atoms. The summed E-state index contributed by atoms with van der Waals surface area (Å²) in [6.45, 7) is 0. The number of ether oxygens (including phenoxy) is 1. The number of pyridine rings is 1. The van der Waals surface area contributed by atoms with Crippen molar-refractivity contribution in [1.82, 2.24) is 4.98 Å². The second kappa shape index (κ2) is 7.75. The first-order valence-corrected chi connectivity index (χ1v) is 8.26. The average molecular weight is 414 g/mol. The normalized spacial score (nSPS) is 10.2. The number of hydrogen-bond donors (Lipinski definition) is 1. The van der Waals surface area contributed by atoms with Gasteiger partial charge in [-0.2, -0.15) is 0 Å². The number of benzene rings is 2. The predicted molar refractivity (Wildman–Crippen MR) is 99.5 cm³/mol. The maximum absolute atomic E-state index is 12.2. The first kappa shape index (κ1) is 17.6. The third-order valence-corrected chi connectivity index (χ3v) is 3.83. The van der Waals surface area contributed by atoms with Gasteiger partial charge in [0.1, 0.15) is 5.75 Å². The molecule has 0 aliphatic rings. The van der Waals surface area contributed by atoms with Crippen molar-refractivity contribution in [3.63, 3.8) is 0 Å². The molecule has 0 unspecified atom stereocenters. The number of aromatic nitrogens is 1. The number of rotatable bonds is 5. The molecule has 130 valence electrons. The van der Waals surface area contributed by atoms with Crippen molar-refractivity contribution in [1.29, 1.82) is 0 Å². The summed E-state index contributed by atoms with van der Waals surface area (Å²) in [5.74, 6) is 0.535. The molecule has 1 aromatic heterocycles. The molecule has 0 aliphatic heterocycles. The zero-order valence-corrected chi connectivity index (χ0v) is 14.8.